The van der Waals surface area contributed by atoms with E-state index in [0.29, 0.717) is 11.3 Å². The average molecular weight is 453 g/mol. The van der Waals surface area contributed by atoms with E-state index in [1.54, 1.807) is 18.2 Å². The lowest BCUT2D eigenvalue weighted by Crippen LogP contribution is -2.52. The van der Waals surface area contributed by atoms with E-state index in [1.165, 1.54) is 18.1 Å². The fourth-order valence-corrected chi connectivity index (χ4v) is 4.17. The number of carbonyl (C=O) groups excluding carboxylic acids is 3. The molecule has 0 aliphatic carbocycles. The summed E-state index contributed by atoms with van der Waals surface area (Å²) in [5.74, 6) is -3.17. The molecular weight excluding hydrogens is 437 g/mol. The number of nitrogens with one attached hydrogen (secondary N) is 2. The van der Waals surface area contributed by atoms with Crippen molar-refractivity contribution < 1.29 is 37.8 Å². The van der Waals surface area contributed by atoms with Gasteiger partial charge in [0.1, 0.15) is 22.9 Å². The van der Waals surface area contributed by atoms with Gasteiger partial charge in [0.2, 0.25) is 0 Å². The summed E-state index contributed by atoms with van der Waals surface area (Å²) in [5, 5.41) is 14.1. The van der Waals surface area contributed by atoms with Crippen molar-refractivity contribution in [3.8, 4) is 5.75 Å². The third-order valence-electron chi connectivity index (χ3n) is 5.82. The minimum Gasteiger partial charge on any atom is -0.497 e. The number of urea groups is 1. The minimum absolute atomic E-state index is 0.0124. The fraction of sp³-hybridized carbons (Fsp3) is 0.182. The number of amides is 4. The monoisotopic (exact) mass is 453 g/mol. The van der Waals surface area contributed by atoms with E-state index in [2.05, 4.69) is 10.6 Å². The number of furan rings is 1. The van der Waals surface area contributed by atoms with Crippen LogP contribution < -0.4 is 15.4 Å². The summed E-state index contributed by atoms with van der Waals surface area (Å²) in [6.07, 6.45) is 0. The molecule has 0 spiro atoms. The van der Waals surface area contributed by atoms with Crippen molar-refractivity contribution in [1.29, 1.82) is 0 Å². The Hall–Kier alpha value is -4.41. The molecule has 1 aromatic heterocycles. The zero-order chi connectivity index (χ0) is 23.5. The number of fused-ring (bicyclic) bond motifs is 2. The number of benzene rings is 2. The summed E-state index contributed by atoms with van der Waals surface area (Å²) < 4.78 is 25.0. The predicted octanol–water partition coefficient (Wildman–Crippen LogP) is 1.97. The molecular formula is C22H16FN3O7. The van der Waals surface area contributed by atoms with Gasteiger partial charge in [-0.1, -0.05) is 6.07 Å². The van der Waals surface area contributed by atoms with Crippen molar-refractivity contribution in [2.75, 3.05) is 13.7 Å². The van der Waals surface area contributed by atoms with E-state index < -0.39 is 34.8 Å². The van der Waals surface area contributed by atoms with E-state index >= 15 is 0 Å². The number of carbonyl (C=O) groups is 4. The fourth-order valence-electron chi connectivity index (χ4n) is 4.17. The lowest BCUT2D eigenvalue weighted by Gasteiger charge is -2.29. The van der Waals surface area contributed by atoms with E-state index in [1.807, 2.05) is 0 Å². The summed E-state index contributed by atoms with van der Waals surface area (Å²) in [5.41, 5.74) is -1.24. The Morgan fingerprint density at radius 1 is 1.24 bits per heavy atom. The van der Waals surface area contributed by atoms with Crippen LogP contribution in [-0.4, -0.2) is 47.5 Å². The highest BCUT2D eigenvalue weighted by Gasteiger charge is 2.53. The van der Waals surface area contributed by atoms with Crippen molar-refractivity contribution in [3.05, 3.63) is 64.7 Å². The Kier molecular flexibility index (Phi) is 4.38. The normalized spacial score (nSPS) is 19.6. The van der Waals surface area contributed by atoms with Crippen LogP contribution in [0.25, 0.3) is 11.0 Å². The molecule has 4 amide bonds. The summed E-state index contributed by atoms with van der Waals surface area (Å²) in [6.45, 7) is -0.0877. The Morgan fingerprint density at radius 2 is 2.03 bits per heavy atom. The molecule has 3 aromatic rings. The molecule has 1 atom stereocenters. The molecule has 0 unspecified atom stereocenters. The first-order valence-electron chi connectivity index (χ1n) is 9.78. The maximum Gasteiger partial charge on any atom is 0.338 e. The largest absolute Gasteiger partial charge is 0.497 e. The van der Waals surface area contributed by atoms with Crippen LogP contribution in [0.5, 0.6) is 5.75 Å². The molecule has 0 radical (unpaired) electrons. The first-order chi connectivity index (χ1) is 15.7. The molecule has 0 bridgehead atoms. The number of imide groups is 1. The molecule has 33 heavy (non-hydrogen) atoms. The Bertz CT molecular complexity index is 1380. The van der Waals surface area contributed by atoms with Crippen molar-refractivity contribution >= 4 is 34.8 Å². The highest BCUT2D eigenvalue weighted by atomic mass is 19.1. The minimum atomic E-state index is -1.79. The summed E-state index contributed by atoms with van der Waals surface area (Å²) in [7, 11) is 1.48. The highest BCUT2D eigenvalue weighted by molar-refractivity contribution is 6.08. The number of aromatic carboxylic acids is 1. The second-order valence-corrected chi connectivity index (χ2v) is 7.78. The molecule has 2 aliphatic heterocycles. The number of ether oxygens (including phenoxy) is 1. The van der Waals surface area contributed by atoms with Gasteiger partial charge in [-0.25, -0.2) is 14.0 Å². The first-order valence-corrected chi connectivity index (χ1v) is 9.78. The van der Waals surface area contributed by atoms with Crippen LogP contribution >= 0.6 is 0 Å². The lowest BCUT2D eigenvalue weighted by atomic mass is 9.95. The summed E-state index contributed by atoms with van der Waals surface area (Å²) >= 11 is 0. The van der Waals surface area contributed by atoms with Crippen LogP contribution in [0.15, 0.2) is 40.8 Å². The van der Waals surface area contributed by atoms with Crippen LogP contribution in [0, 0.1) is 5.82 Å². The van der Waals surface area contributed by atoms with Gasteiger partial charge in [0.05, 0.1) is 19.2 Å². The quantitative estimate of drug-likeness (QED) is 0.502. The van der Waals surface area contributed by atoms with Gasteiger partial charge in [-0.05, 0) is 29.8 Å². The second-order valence-electron chi connectivity index (χ2n) is 7.78. The molecule has 1 fully saturated rings. The third kappa shape index (κ3) is 3.08. The molecule has 2 aliphatic rings. The summed E-state index contributed by atoms with van der Waals surface area (Å²) in [6, 6.07) is 7.58. The summed E-state index contributed by atoms with van der Waals surface area (Å²) in [4.78, 5) is 50.7. The molecule has 3 N–H and O–H groups in total. The molecule has 3 heterocycles. The van der Waals surface area contributed by atoms with Gasteiger partial charge in [0, 0.05) is 23.6 Å². The van der Waals surface area contributed by atoms with Crippen LogP contribution in [0.4, 0.5) is 9.18 Å². The number of hydrogen-bond donors (Lipinski definition) is 3. The number of nitrogens with zero attached hydrogens (tertiary/aromatic N) is 1. The molecule has 10 nitrogen and oxygen atoms in total. The molecule has 0 saturated carbocycles. The van der Waals surface area contributed by atoms with Gasteiger partial charge >= 0.3 is 12.0 Å². The maximum absolute atomic E-state index is 14.1. The van der Waals surface area contributed by atoms with E-state index in [4.69, 9.17) is 14.3 Å². The number of halogens is 1. The Labute approximate surface area is 184 Å². The number of carboxylic acids is 1. The second kappa shape index (κ2) is 7.05. The molecule has 11 heteroatoms. The van der Waals surface area contributed by atoms with Crippen LogP contribution in [-0.2, 0) is 16.9 Å². The third-order valence-corrected chi connectivity index (χ3v) is 5.82. The maximum atomic E-state index is 14.1. The van der Waals surface area contributed by atoms with Gasteiger partial charge in [0.25, 0.3) is 11.8 Å². The number of hydrogen-bond acceptors (Lipinski definition) is 6. The van der Waals surface area contributed by atoms with Crippen molar-refractivity contribution in [1.82, 2.24) is 15.5 Å². The van der Waals surface area contributed by atoms with Gasteiger partial charge < -0.3 is 24.5 Å². The zero-order valence-electron chi connectivity index (χ0n) is 17.1. The average Bonchev–Trinajstić information content (AvgIpc) is 3.41. The van der Waals surface area contributed by atoms with Gasteiger partial charge in [0.15, 0.2) is 5.54 Å². The van der Waals surface area contributed by atoms with E-state index in [0.717, 1.165) is 17.7 Å². The smallest absolute Gasteiger partial charge is 0.338 e. The lowest BCUT2D eigenvalue weighted by molar-refractivity contribution is -0.125. The van der Waals surface area contributed by atoms with Crippen LogP contribution in [0.3, 0.4) is 0 Å². The predicted molar refractivity (Wildman–Crippen MR) is 109 cm³/mol. The van der Waals surface area contributed by atoms with Gasteiger partial charge in [-0.15, -0.1) is 0 Å². The van der Waals surface area contributed by atoms with Crippen LogP contribution in [0.2, 0.25) is 0 Å². The van der Waals surface area contributed by atoms with E-state index in [-0.39, 0.29) is 35.7 Å². The number of carboxylic acid groups (broad SMARTS) is 1. The highest BCUT2D eigenvalue weighted by Crippen LogP contribution is 2.35. The standard InChI is InChI=1S/C22H16FN3O7/c1-32-12-3-2-10-8-26(18(27)13(10)6-12)9-22(20(30)24-21(31)25-22)17-5-11-4-14(19(28)29)15(23)7-16(11)33-17/h2-7H,8-9H2,1H3,(H,28,29)(H2,24,25,30,31)/t22-/m0/s1. The van der Waals surface area contributed by atoms with Crippen molar-refractivity contribution in [3.63, 3.8) is 0 Å². The Morgan fingerprint density at radius 3 is 2.70 bits per heavy atom. The molecule has 1 saturated heterocycles. The van der Waals surface area contributed by atoms with Crippen molar-refractivity contribution in [2.24, 2.45) is 0 Å². The molecule has 5 rings (SSSR count). The first kappa shape index (κ1) is 20.5. The van der Waals surface area contributed by atoms with E-state index in [9.17, 15) is 23.6 Å². The molecule has 168 valence electrons. The van der Waals surface area contributed by atoms with Crippen LogP contribution in [0.1, 0.15) is 32.0 Å². The van der Waals surface area contributed by atoms with Gasteiger partial charge in [-0.3, -0.25) is 14.9 Å². The Balaban J connectivity index is 1.56. The number of methoxy groups -OCH3 is 1. The number of rotatable bonds is 5. The van der Waals surface area contributed by atoms with Gasteiger partial charge in [-0.2, -0.15) is 0 Å². The molecule has 2 aromatic carbocycles. The topological polar surface area (TPSA) is 138 Å². The zero-order valence-corrected chi connectivity index (χ0v) is 17.1. The SMILES string of the molecule is COc1ccc2c(c1)C(=O)N(C[C@@]1(c3cc4cc(C(=O)O)c(F)cc4o3)NC(=O)NC1=O)C2. The van der Waals surface area contributed by atoms with Crippen molar-refractivity contribution in [2.45, 2.75) is 12.1 Å².